The van der Waals surface area contributed by atoms with E-state index in [2.05, 4.69) is 40.7 Å². The number of benzene rings is 3. The van der Waals surface area contributed by atoms with E-state index < -0.39 is 16.1 Å². The number of carbonyl (C=O) groups excluding carboxylic acids is 1. The SMILES string of the molecule is CC(C)(C)c1ccc(S(=O)(=O)Nc2ccc3[nH]c(OC(=O)NCCCN4CCOCC4)c(-c4ccccc4)c3c2)cc1. The fourth-order valence-electron chi connectivity index (χ4n) is 4.99. The number of rotatable bonds is 9. The number of aromatic nitrogens is 1. The molecule has 0 saturated carbocycles. The lowest BCUT2D eigenvalue weighted by Gasteiger charge is -2.26. The summed E-state index contributed by atoms with van der Waals surface area (Å²) in [5.74, 6) is 0.291. The van der Waals surface area contributed by atoms with Gasteiger partial charge < -0.3 is 19.8 Å². The number of morpholine rings is 1. The molecule has 2 heterocycles. The molecule has 1 saturated heterocycles. The number of sulfonamides is 1. The average Bonchev–Trinajstić information content (AvgIpc) is 3.32. The van der Waals surface area contributed by atoms with E-state index in [0.29, 0.717) is 29.2 Å². The van der Waals surface area contributed by atoms with Crippen molar-refractivity contribution in [3.8, 4) is 17.0 Å². The van der Waals surface area contributed by atoms with Crippen molar-refractivity contribution in [1.29, 1.82) is 0 Å². The molecule has 9 nitrogen and oxygen atoms in total. The lowest BCUT2D eigenvalue weighted by atomic mass is 9.87. The van der Waals surface area contributed by atoms with Crippen molar-refractivity contribution in [2.24, 2.45) is 0 Å². The number of ether oxygens (including phenoxy) is 2. The monoisotopic (exact) mass is 590 g/mol. The van der Waals surface area contributed by atoms with Crippen LogP contribution in [-0.2, 0) is 20.2 Å². The standard InChI is InChI=1S/C32H38N4O5S/c1-32(2,3)24-10-13-26(14-11-24)42(38,39)35-25-12-15-28-27(22-25)29(23-8-5-4-6-9-23)30(34-28)41-31(37)33-16-7-17-36-18-20-40-21-19-36/h4-6,8-15,22,34-35H,7,16-21H2,1-3H3,(H,33,37). The smallest absolute Gasteiger partial charge is 0.393 e. The van der Waals surface area contributed by atoms with Crippen LogP contribution in [0.15, 0.2) is 77.7 Å². The van der Waals surface area contributed by atoms with Crippen molar-refractivity contribution >= 4 is 32.7 Å². The van der Waals surface area contributed by atoms with Gasteiger partial charge in [0.2, 0.25) is 5.88 Å². The molecule has 0 aliphatic carbocycles. The quantitative estimate of drug-likeness (QED) is 0.214. The molecule has 222 valence electrons. The molecule has 10 heteroatoms. The predicted octanol–water partition coefficient (Wildman–Crippen LogP) is 5.74. The van der Waals surface area contributed by atoms with Gasteiger partial charge >= 0.3 is 6.09 Å². The van der Waals surface area contributed by atoms with Gasteiger partial charge in [0.05, 0.1) is 23.7 Å². The molecule has 42 heavy (non-hydrogen) atoms. The molecule has 5 rings (SSSR count). The van der Waals surface area contributed by atoms with Crippen molar-refractivity contribution in [2.45, 2.75) is 37.5 Å². The van der Waals surface area contributed by atoms with E-state index in [1.54, 1.807) is 30.3 Å². The Morgan fingerprint density at radius 3 is 2.40 bits per heavy atom. The molecule has 0 radical (unpaired) electrons. The zero-order chi connectivity index (χ0) is 29.7. The maximum absolute atomic E-state index is 13.2. The van der Waals surface area contributed by atoms with Gasteiger partial charge in [0.15, 0.2) is 0 Å². The van der Waals surface area contributed by atoms with Gasteiger partial charge in [-0.1, -0.05) is 63.2 Å². The first-order chi connectivity index (χ1) is 20.1. The highest BCUT2D eigenvalue weighted by Crippen LogP contribution is 2.39. The van der Waals surface area contributed by atoms with E-state index in [4.69, 9.17) is 9.47 Å². The van der Waals surface area contributed by atoms with E-state index in [1.165, 1.54) is 0 Å². The van der Waals surface area contributed by atoms with Crippen LogP contribution < -0.4 is 14.8 Å². The second-order valence-electron chi connectivity index (χ2n) is 11.5. The molecule has 1 aliphatic heterocycles. The molecule has 0 spiro atoms. The Bertz CT molecular complexity index is 1620. The number of amides is 1. The van der Waals surface area contributed by atoms with Crippen molar-refractivity contribution in [3.63, 3.8) is 0 Å². The van der Waals surface area contributed by atoms with Crippen LogP contribution in [0.5, 0.6) is 5.88 Å². The lowest BCUT2D eigenvalue weighted by molar-refractivity contribution is 0.0375. The maximum atomic E-state index is 13.2. The van der Waals surface area contributed by atoms with Crippen LogP contribution in [0.2, 0.25) is 0 Å². The molecule has 3 aromatic carbocycles. The molecule has 1 amide bonds. The lowest BCUT2D eigenvalue weighted by Crippen LogP contribution is -2.38. The van der Waals surface area contributed by atoms with Crippen molar-refractivity contribution in [2.75, 3.05) is 44.1 Å². The molecular formula is C32H38N4O5S. The van der Waals surface area contributed by atoms with Crippen LogP contribution in [0.1, 0.15) is 32.8 Å². The van der Waals surface area contributed by atoms with Gasteiger partial charge in [-0.15, -0.1) is 0 Å². The Morgan fingerprint density at radius 1 is 1.00 bits per heavy atom. The first-order valence-electron chi connectivity index (χ1n) is 14.2. The van der Waals surface area contributed by atoms with Gasteiger partial charge in [-0.05, 0) is 59.8 Å². The summed E-state index contributed by atoms with van der Waals surface area (Å²) < 4.78 is 40.3. The fourth-order valence-corrected chi connectivity index (χ4v) is 6.04. The zero-order valence-electron chi connectivity index (χ0n) is 24.3. The Labute approximate surface area is 247 Å². The van der Waals surface area contributed by atoms with Crippen molar-refractivity contribution in [3.05, 3.63) is 78.4 Å². The van der Waals surface area contributed by atoms with Crippen LogP contribution in [-0.4, -0.2) is 63.8 Å². The van der Waals surface area contributed by atoms with Crippen LogP contribution >= 0.6 is 0 Å². The number of fused-ring (bicyclic) bond motifs is 1. The molecule has 4 aromatic rings. The highest BCUT2D eigenvalue weighted by Gasteiger charge is 2.21. The van der Waals surface area contributed by atoms with E-state index in [1.807, 2.05) is 42.5 Å². The molecular weight excluding hydrogens is 552 g/mol. The fraction of sp³-hybridized carbons (Fsp3) is 0.344. The number of nitrogens with one attached hydrogen (secondary N) is 3. The van der Waals surface area contributed by atoms with Crippen molar-refractivity contribution < 1.29 is 22.7 Å². The van der Waals surface area contributed by atoms with E-state index in [-0.39, 0.29) is 10.3 Å². The van der Waals surface area contributed by atoms with Crippen LogP contribution in [0.3, 0.4) is 0 Å². The van der Waals surface area contributed by atoms with E-state index in [9.17, 15) is 13.2 Å². The summed E-state index contributed by atoms with van der Waals surface area (Å²) in [6, 6.07) is 21.7. The van der Waals surface area contributed by atoms with Crippen LogP contribution in [0, 0.1) is 0 Å². The third-order valence-corrected chi connectivity index (χ3v) is 8.73. The number of hydrogen-bond acceptors (Lipinski definition) is 6. The minimum atomic E-state index is -3.82. The number of nitrogens with zero attached hydrogens (tertiary/aromatic N) is 1. The minimum Gasteiger partial charge on any atom is -0.393 e. The van der Waals surface area contributed by atoms with E-state index >= 15 is 0 Å². The molecule has 3 N–H and O–H groups in total. The Balaban J connectivity index is 1.35. The minimum absolute atomic E-state index is 0.0809. The highest BCUT2D eigenvalue weighted by molar-refractivity contribution is 7.92. The summed E-state index contributed by atoms with van der Waals surface area (Å²) in [6.45, 7) is 10.9. The predicted molar refractivity (Wildman–Crippen MR) is 166 cm³/mol. The summed E-state index contributed by atoms with van der Waals surface area (Å²) in [7, 11) is -3.82. The summed E-state index contributed by atoms with van der Waals surface area (Å²) in [6.07, 6.45) is 0.246. The van der Waals surface area contributed by atoms with Gasteiger partial charge in [-0.25, -0.2) is 13.2 Å². The van der Waals surface area contributed by atoms with Gasteiger partial charge in [0.25, 0.3) is 10.0 Å². The summed E-state index contributed by atoms with van der Waals surface area (Å²) in [5, 5.41) is 3.56. The zero-order valence-corrected chi connectivity index (χ0v) is 25.1. The number of anilines is 1. The number of carbonyl (C=O) groups is 1. The van der Waals surface area contributed by atoms with Gasteiger partial charge in [-0.2, -0.15) is 0 Å². The maximum Gasteiger partial charge on any atom is 0.413 e. The van der Waals surface area contributed by atoms with Crippen LogP contribution in [0.4, 0.5) is 10.5 Å². The average molecular weight is 591 g/mol. The third kappa shape index (κ3) is 7.13. The number of aromatic amines is 1. The Hall–Kier alpha value is -3.86. The topological polar surface area (TPSA) is 113 Å². The van der Waals surface area contributed by atoms with Crippen molar-refractivity contribution in [1.82, 2.24) is 15.2 Å². The number of hydrogen-bond donors (Lipinski definition) is 3. The first kappa shape index (κ1) is 29.6. The van der Waals surface area contributed by atoms with Gasteiger partial charge in [0.1, 0.15) is 0 Å². The Kier molecular flexibility index (Phi) is 8.86. The second kappa shape index (κ2) is 12.6. The number of H-pyrrole nitrogens is 1. The highest BCUT2D eigenvalue weighted by atomic mass is 32.2. The molecule has 1 aromatic heterocycles. The third-order valence-electron chi connectivity index (χ3n) is 7.33. The second-order valence-corrected chi connectivity index (χ2v) is 13.1. The summed E-state index contributed by atoms with van der Waals surface area (Å²) >= 11 is 0. The molecule has 0 atom stereocenters. The molecule has 0 unspecified atom stereocenters. The summed E-state index contributed by atoms with van der Waals surface area (Å²) in [4.78, 5) is 18.4. The van der Waals surface area contributed by atoms with E-state index in [0.717, 1.165) is 55.8 Å². The summed E-state index contributed by atoms with van der Waals surface area (Å²) in [5.41, 5.74) is 3.58. The van der Waals surface area contributed by atoms with Crippen LogP contribution in [0.25, 0.3) is 22.0 Å². The van der Waals surface area contributed by atoms with Gasteiger partial charge in [-0.3, -0.25) is 9.62 Å². The normalized spacial score (nSPS) is 14.5. The largest absolute Gasteiger partial charge is 0.413 e. The van der Waals surface area contributed by atoms with Gasteiger partial charge in [0, 0.05) is 36.2 Å². The Morgan fingerprint density at radius 2 is 1.71 bits per heavy atom. The molecule has 0 bridgehead atoms. The molecule has 1 fully saturated rings. The first-order valence-corrected chi connectivity index (χ1v) is 15.7. The molecule has 1 aliphatic rings.